The minimum Gasteiger partial charge on any atom is -0.393 e. The zero-order valence-electron chi connectivity index (χ0n) is 8.84. The van der Waals surface area contributed by atoms with Gasteiger partial charge in [-0.2, -0.15) is 0 Å². The van der Waals surface area contributed by atoms with Crippen LogP contribution in [0.25, 0.3) is 0 Å². The average molecular weight is 262 g/mol. The number of benzene rings is 1. The molecule has 0 saturated heterocycles. The zero-order valence-corrected chi connectivity index (χ0v) is 10.3. The summed E-state index contributed by atoms with van der Waals surface area (Å²) in [5.74, 6) is -0.190. The Morgan fingerprint density at radius 2 is 2.19 bits per heavy atom. The van der Waals surface area contributed by atoms with Crippen molar-refractivity contribution in [3.8, 4) is 0 Å². The summed E-state index contributed by atoms with van der Waals surface area (Å²) in [6, 6.07) is 5.03. The molecule has 0 bridgehead atoms. The Morgan fingerprint density at radius 3 is 2.81 bits per heavy atom. The molecule has 0 aromatic heterocycles. The first-order valence-corrected chi connectivity index (χ1v) is 5.68. The van der Waals surface area contributed by atoms with Crippen molar-refractivity contribution in [3.05, 3.63) is 28.2 Å². The Labute approximate surface area is 104 Å². The van der Waals surface area contributed by atoms with Crippen LogP contribution in [0, 0.1) is 0 Å². The molecule has 0 fully saturated rings. The smallest absolute Gasteiger partial charge is 0.224 e. The molecule has 0 spiro atoms. The van der Waals surface area contributed by atoms with Crippen molar-refractivity contribution in [2.24, 2.45) is 0 Å². The van der Waals surface area contributed by atoms with Crippen LogP contribution in [0.15, 0.2) is 18.2 Å². The lowest BCUT2D eigenvalue weighted by Crippen LogP contribution is -2.14. The predicted molar refractivity (Wildman–Crippen MR) is 66.0 cm³/mol. The molecule has 0 heterocycles. The monoisotopic (exact) mass is 261 g/mol. The van der Waals surface area contributed by atoms with Gasteiger partial charge < -0.3 is 10.4 Å². The number of aliphatic hydroxyl groups is 1. The van der Waals surface area contributed by atoms with Gasteiger partial charge in [0.25, 0.3) is 0 Å². The maximum Gasteiger partial charge on any atom is 0.224 e. The van der Waals surface area contributed by atoms with Crippen LogP contribution in [0.2, 0.25) is 10.0 Å². The zero-order chi connectivity index (χ0) is 12.1. The summed E-state index contributed by atoms with van der Waals surface area (Å²) >= 11 is 11.7. The van der Waals surface area contributed by atoms with E-state index in [0.717, 1.165) is 0 Å². The van der Waals surface area contributed by atoms with Crippen LogP contribution in [0.3, 0.4) is 0 Å². The number of hydrogen-bond donors (Lipinski definition) is 2. The second-order valence-electron chi connectivity index (χ2n) is 3.54. The van der Waals surface area contributed by atoms with Crippen molar-refractivity contribution in [1.29, 1.82) is 0 Å². The molecule has 1 unspecified atom stereocenters. The lowest BCUT2D eigenvalue weighted by molar-refractivity contribution is -0.116. The number of carbonyl (C=O) groups excluding carboxylic acids is 1. The van der Waals surface area contributed by atoms with Gasteiger partial charge in [-0.05, 0) is 25.5 Å². The van der Waals surface area contributed by atoms with Crippen LogP contribution < -0.4 is 5.32 Å². The van der Waals surface area contributed by atoms with Gasteiger partial charge in [0.15, 0.2) is 0 Å². The maximum absolute atomic E-state index is 11.5. The molecule has 0 aliphatic carbocycles. The predicted octanol–water partition coefficient (Wildman–Crippen LogP) is 3.09. The summed E-state index contributed by atoms with van der Waals surface area (Å²) in [7, 11) is 0. The minimum absolute atomic E-state index is 0.190. The Bertz CT molecular complexity index is 380. The normalized spacial score (nSPS) is 12.2. The van der Waals surface area contributed by atoms with Crippen LogP contribution in [0.1, 0.15) is 19.8 Å². The van der Waals surface area contributed by atoms with E-state index in [1.165, 1.54) is 0 Å². The van der Waals surface area contributed by atoms with E-state index in [2.05, 4.69) is 5.32 Å². The Balaban J connectivity index is 2.59. The molecule has 0 aliphatic rings. The number of carbonyl (C=O) groups is 1. The van der Waals surface area contributed by atoms with E-state index in [1.54, 1.807) is 25.1 Å². The molecule has 16 heavy (non-hydrogen) atoms. The first-order chi connectivity index (χ1) is 7.50. The van der Waals surface area contributed by atoms with E-state index in [0.29, 0.717) is 22.2 Å². The van der Waals surface area contributed by atoms with Gasteiger partial charge in [0.2, 0.25) is 5.91 Å². The van der Waals surface area contributed by atoms with E-state index >= 15 is 0 Å². The van der Waals surface area contributed by atoms with Gasteiger partial charge in [-0.25, -0.2) is 0 Å². The molecule has 1 amide bonds. The molecule has 88 valence electrons. The number of halogens is 2. The largest absolute Gasteiger partial charge is 0.393 e. The van der Waals surface area contributed by atoms with Crippen molar-refractivity contribution in [2.75, 3.05) is 5.32 Å². The van der Waals surface area contributed by atoms with E-state index in [9.17, 15) is 4.79 Å². The fourth-order valence-electron chi connectivity index (χ4n) is 1.15. The fourth-order valence-corrected chi connectivity index (χ4v) is 1.50. The van der Waals surface area contributed by atoms with E-state index in [4.69, 9.17) is 28.3 Å². The van der Waals surface area contributed by atoms with Gasteiger partial charge in [0.05, 0.1) is 21.8 Å². The number of hydrogen-bond acceptors (Lipinski definition) is 2. The van der Waals surface area contributed by atoms with Crippen molar-refractivity contribution in [1.82, 2.24) is 0 Å². The fraction of sp³-hybridized carbons (Fsp3) is 0.364. The molecule has 0 saturated carbocycles. The molecule has 3 nitrogen and oxygen atoms in total. The third-order valence-electron chi connectivity index (χ3n) is 2.01. The van der Waals surface area contributed by atoms with Crippen molar-refractivity contribution in [3.63, 3.8) is 0 Å². The lowest BCUT2D eigenvalue weighted by Gasteiger charge is -2.08. The minimum atomic E-state index is -0.486. The van der Waals surface area contributed by atoms with Crippen LogP contribution in [-0.4, -0.2) is 17.1 Å². The molecule has 1 aromatic rings. The number of amides is 1. The second kappa shape index (κ2) is 6.09. The van der Waals surface area contributed by atoms with Crippen LogP contribution >= 0.6 is 23.2 Å². The Hall–Kier alpha value is -0.770. The summed E-state index contributed by atoms with van der Waals surface area (Å²) in [6.45, 7) is 1.64. The molecular weight excluding hydrogens is 249 g/mol. The summed E-state index contributed by atoms with van der Waals surface area (Å²) in [4.78, 5) is 11.5. The van der Waals surface area contributed by atoms with Gasteiger partial charge in [-0.15, -0.1) is 0 Å². The first kappa shape index (κ1) is 13.3. The van der Waals surface area contributed by atoms with Crippen LogP contribution in [0.5, 0.6) is 0 Å². The van der Waals surface area contributed by atoms with Gasteiger partial charge in [0.1, 0.15) is 0 Å². The molecule has 1 aromatic carbocycles. The van der Waals surface area contributed by atoms with Crippen LogP contribution in [-0.2, 0) is 4.79 Å². The summed E-state index contributed by atoms with van der Waals surface area (Å²) < 4.78 is 0. The maximum atomic E-state index is 11.5. The quantitative estimate of drug-likeness (QED) is 0.875. The van der Waals surface area contributed by atoms with Crippen molar-refractivity contribution in [2.45, 2.75) is 25.9 Å². The summed E-state index contributed by atoms with van der Waals surface area (Å²) in [5.41, 5.74) is 0.491. The molecule has 0 radical (unpaired) electrons. The molecule has 5 heteroatoms. The highest BCUT2D eigenvalue weighted by Crippen LogP contribution is 2.29. The topological polar surface area (TPSA) is 49.3 Å². The molecule has 1 atom stereocenters. The van der Waals surface area contributed by atoms with E-state index in [-0.39, 0.29) is 12.3 Å². The highest BCUT2D eigenvalue weighted by molar-refractivity contribution is 6.43. The van der Waals surface area contributed by atoms with Gasteiger partial charge in [-0.3, -0.25) is 4.79 Å². The number of anilines is 1. The number of nitrogens with one attached hydrogen (secondary N) is 1. The van der Waals surface area contributed by atoms with Crippen molar-refractivity contribution >= 4 is 34.8 Å². The number of aliphatic hydroxyl groups excluding tert-OH is 1. The van der Waals surface area contributed by atoms with Crippen LogP contribution in [0.4, 0.5) is 5.69 Å². The SMILES string of the molecule is CC(O)CCC(=O)Nc1cccc(Cl)c1Cl. The Morgan fingerprint density at radius 1 is 1.50 bits per heavy atom. The number of rotatable bonds is 4. The van der Waals surface area contributed by atoms with Gasteiger partial charge in [-0.1, -0.05) is 29.3 Å². The molecule has 0 aliphatic heterocycles. The Kier molecular flexibility index (Phi) is 5.06. The van der Waals surface area contributed by atoms with Gasteiger partial charge in [0, 0.05) is 6.42 Å². The third kappa shape index (κ3) is 4.00. The van der Waals surface area contributed by atoms with Crippen molar-refractivity contribution < 1.29 is 9.90 Å². The molecule has 2 N–H and O–H groups in total. The highest BCUT2D eigenvalue weighted by Gasteiger charge is 2.08. The average Bonchev–Trinajstić information content (AvgIpc) is 2.22. The molecule has 1 rings (SSSR count). The molecular formula is C11H13Cl2NO2. The van der Waals surface area contributed by atoms with E-state index in [1.807, 2.05) is 0 Å². The third-order valence-corrected chi connectivity index (χ3v) is 2.83. The standard InChI is InChI=1S/C11H13Cl2NO2/c1-7(15)5-6-10(16)14-9-4-2-3-8(12)11(9)13/h2-4,7,15H,5-6H2,1H3,(H,14,16). The second-order valence-corrected chi connectivity index (χ2v) is 4.32. The summed E-state index contributed by atoms with van der Waals surface area (Å²) in [6.07, 6.45) is 0.186. The summed E-state index contributed by atoms with van der Waals surface area (Å²) in [5, 5.41) is 12.4. The lowest BCUT2D eigenvalue weighted by atomic mass is 10.2. The highest BCUT2D eigenvalue weighted by atomic mass is 35.5. The first-order valence-electron chi connectivity index (χ1n) is 4.92. The van der Waals surface area contributed by atoms with E-state index < -0.39 is 6.10 Å². The van der Waals surface area contributed by atoms with Gasteiger partial charge >= 0.3 is 0 Å².